The van der Waals surface area contributed by atoms with Crippen LogP contribution in [0.3, 0.4) is 0 Å². The lowest BCUT2D eigenvalue weighted by atomic mass is 10.2. The molecular weight excluding hydrogens is 418 g/mol. The molecule has 31 heavy (non-hydrogen) atoms. The van der Waals surface area contributed by atoms with Crippen LogP contribution < -0.4 is 20.8 Å². The fourth-order valence-corrected chi connectivity index (χ4v) is 3.09. The lowest BCUT2D eigenvalue weighted by Crippen LogP contribution is -2.22. The molecule has 0 spiro atoms. The van der Waals surface area contributed by atoms with E-state index < -0.39 is 0 Å². The van der Waals surface area contributed by atoms with Crippen LogP contribution in [0.1, 0.15) is 18.2 Å². The Morgan fingerprint density at radius 3 is 2.32 bits per heavy atom. The summed E-state index contributed by atoms with van der Waals surface area (Å²) in [6.07, 6.45) is 1.52. The Bertz CT molecular complexity index is 1160. The number of hydrogen-bond acceptors (Lipinski definition) is 4. The average Bonchev–Trinajstić information content (AvgIpc) is 2.71. The van der Waals surface area contributed by atoms with Gasteiger partial charge >= 0.3 is 0 Å². The standard InChI is InChI=1S/C23H22ClN3O4/c1-15-11-21(29)22(31-14-17-5-3-4-6-20(17)24)12-27(15)13-23(30)26-19-9-7-18(8-10-19)25-16(2)28/h3-12H,13-14H2,1-2H3,(H,25,28)(H,26,30). The van der Waals surface area contributed by atoms with Gasteiger partial charge in [0.25, 0.3) is 0 Å². The topological polar surface area (TPSA) is 89.4 Å². The number of halogens is 1. The van der Waals surface area contributed by atoms with E-state index in [-0.39, 0.29) is 36.1 Å². The van der Waals surface area contributed by atoms with Crippen molar-refractivity contribution in [1.82, 2.24) is 4.57 Å². The van der Waals surface area contributed by atoms with Gasteiger partial charge in [0.05, 0.1) is 6.20 Å². The molecule has 0 aliphatic rings. The van der Waals surface area contributed by atoms with Crippen molar-refractivity contribution in [2.75, 3.05) is 10.6 Å². The Morgan fingerprint density at radius 2 is 1.68 bits per heavy atom. The number of anilines is 2. The van der Waals surface area contributed by atoms with Crippen molar-refractivity contribution in [1.29, 1.82) is 0 Å². The van der Waals surface area contributed by atoms with Crippen LogP contribution in [0.5, 0.6) is 5.75 Å². The van der Waals surface area contributed by atoms with Gasteiger partial charge in [0.2, 0.25) is 17.2 Å². The molecule has 1 heterocycles. The second-order valence-electron chi connectivity index (χ2n) is 6.96. The molecule has 160 valence electrons. The molecule has 0 fully saturated rings. The summed E-state index contributed by atoms with van der Waals surface area (Å²) >= 11 is 6.13. The highest BCUT2D eigenvalue weighted by Gasteiger charge is 2.10. The fraction of sp³-hybridized carbons (Fsp3) is 0.174. The molecule has 0 aliphatic heterocycles. The van der Waals surface area contributed by atoms with Gasteiger partial charge in [-0.2, -0.15) is 0 Å². The van der Waals surface area contributed by atoms with Crippen LogP contribution >= 0.6 is 11.6 Å². The van der Waals surface area contributed by atoms with E-state index in [0.717, 1.165) is 5.56 Å². The molecular formula is C23H22ClN3O4. The first kappa shape index (κ1) is 22.1. The first-order chi connectivity index (χ1) is 14.8. The maximum atomic E-state index is 12.5. The van der Waals surface area contributed by atoms with E-state index in [1.165, 1.54) is 19.2 Å². The van der Waals surface area contributed by atoms with E-state index in [9.17, 15) is 14.4 Å². The zero-order valence-electron chi connectivity index (χ0n) is 17.1. The number of nitrogens with one attached hydrogen (secondary N) is 2. The Morgan fingerprint density at radius 1 is 1.03 bits per heavy atom. The average molecular weight is 440 g/mol. The van der Waals surface area contributed by atoms with Crippen LogP contribution in [0.25, 0.3) is 0 Å². The molecule has 0 saturated heterocycles. The van der Waals surface area contributed by atoms with E-state index in [2.05, 4.69) is 10.6 Å². The molecule has 7 nitrogen and oxygen atoms in total. The molecule has 0 radical (unpaired) electrons. The smallest absolute Gasteiger partial charge is 0.244 e. The number of amides is 2. The quantitative estimate of drug-likeness (QED) is 0.582. The van der Waals surface area contributed by atoms with E-state index in [4.69, 9.17) is 16.3 Å². The monoisotopic (exact) mass is 439 g/mol. The van der Waals surface area contributed by atoms with Gasteiger partial charge in [-0.25, -0.2) is 0 Å². The molecule has 3 aromatic rings. The Labute approximate surface area is 184 Å². The van der Waals surface area contributed by atoms with Crippen LogP contribution in [0.2, 0.25) is 5.02 Å². The summed E-state index contributed by atoms with van der Waals surface area (Å²) in [5, 5.41) is 6.01. The van der Waals surface area contributed by atoms with Gasteiger partial charge in [0.15, 0.2) is 5.75 Å². The molecule has 2 N–H and O–H groups in total. The second kappa shape index (κ2) is 9.95. The minimum absolute atomic E-state index is 0.00200. The highest BCUT2D eigenvalue weighted by atomic mass is 35.5. The first-order valence-corrected chi connectivity index (χ1v) is 9.94. The summed E-state index contributed by atoms with van der Waals surface area (Å²) in [7, 11) is 0. The number of aromatic nitrogens is 1. The summed E-state index contributed by atoms with van der Waals surface area (Å²) in [6.45, 7) is 3.32. The maximum absolute atomic E-state index is 12.5. The van der Waals surface area contributed by atoms with Crippen molar-refractivity contribution in [2.45, 2.75) is 27.0 Å². The van der Waals surface area contributed by atoms with Crippen LogP contribution in [0.15, 0.2) is 65.6 Å². The predicted molar refractivity (Wildman–Crippen MR) is 121 cm³/mol. The van der Waals surface area contributed by atoms with Crippen LogP contribution in [-0.2, 0) is 22.7 Å². The van der Waals surface area contributed by atoms with E-state index in [1.807, 2.05) is 18.2 Å². The molecule has 2 aromatic carbocycles. The summed E-state index contributed by atoms with van der Waals surface area (Å²) in [5.41, 5.74) is 2.35. The zero-order valence-corrected chi connectivity index (χ0v) is 17.9. The van der Waals surface area contributed by atoms with E-state index in [0.29, 0.717) is 22.1 Å². The Balaban J connectivity index is 1.67. The number of carbonyl (C=O) groups excluding carboxylic acids is 2. The molecule has 2 amide bonds. The van der Waals surface area contributed by atoms with Gasteiger partial charge in [-0.05, 0) is 37.3 Å². The maximum Gasteiger partial charge on any atom is 0.244 e. The Kier molecular flexibility index (Phi) is 7.10. The Hall–Kier alpha value is -3.58. The van der Waals surface area contributed by atoms with Crippen LogP contribution in [-0.4, -0.2) is 16.4 Å². The minimum atomic E-state index is -0.269. The van der Waals surface area contributed by atoms with Gasteiger partial charge in [0, 0.05) is 40.6 Å². The lowest BCUT2D eigenvalue weighted by molar-refractivity contribution is -0.117. The van der Waals surface area contributed by atoms with Gasteiger partial charge in [-0.15, -0.1) is 0 Å². The predicted octanol–water partition coefficient (Wildman–Crippen LogP) is 3.99. The van der Waals surface area contributed by atoms with Crippen molar-refractivity contribution in [3.05, 3.63) is 87.3 Å². The second-order valence-corrected chi connectivity index (χ2v) is 7.37. The number of pyridine rings is 1. The van der Waals surface area contributed by atoms with Crippen molar-refractivity contribution in [3.63, 3.8) is 0 Å². The van der Waals surface area contributed by atoms with Crippen molar-refractivity contribution < 1.29 is 14.3 Å². The largest absolute Gasteiger partial charge is 0.483 e. The fourth-order valence-electron chi connectivity index (χ4n) is 2.90. The van der Waals surface area contributed by atoms with Crippen molar-refractivity contribution in [3.8, 4) is 5.75 Å². The zero-order chi connectivity index (χ0) is 22.4. The summed E-state index contributed by atoms with van der Waals surface area (Å²) in [4.78, 5) is 35.8. The first-order valence-electron chi connectivity index (χ1n) is 9.56. The van der Waals surface area contributed by atoms with Gasteiger partial charge in [-0.3, -0.25) is 14.4 Å². The van der Waals surface area contributed by atoms with Gasteiger partial charge in [0.1, 0.15) is 13.2 Å². The van der Waals surface area contributed by atoms with E-state index in [1.54, 1.807) is 41.8 Å². The highest BCUT2D eigenvalue weighted by Crippen LogP contribution is 2.17. The third kappa shape index (κ3) is 6.20. The van der Waals surface area contributed by atoms with Crippen LogP contribution in [0.4, 0.5) is 11.4 Å². The van der Waals surface area contributed by atoms with Crippen molar-refractivity contribution in [2.24, 2.45) is 0 Å². The highest BCUT2D eigenvalue weighted by molar-refractivity contribution is 6.31. The third-order valence-electron chi connectivity index (χ3n) is 4.45. The minimum Gasteiger partial charge on any atom is -0.483 e. The number of aryl methyl sites for hydroxylation is 1. The van der Waals surface area contributed by atoms with Crippen molar-refractivity contribution >= 4 is 34.8 Å². The van der Waals surface area contributed by atoms with Gasteiger partial charge < -0.3 is 19.9 Å². The SMILES string of the molecule is CC(=O)Nc1ccc(NC(=O)Cn2cc(OCc3ccccc3Cl)c(=O)cc2C)cc1. The third-order valence-corrected chi connectivity index (χ3v) is 4.82. The molecule has 0 aliphatic carbocycles. The number of ether oxygens (including phenoxy) is 1. The number of carbonyl (C=O) groups is 2. The molecule has 0 saturated carbocycles. The molecule has 0 unspecified atom stereocenters. The number of benzene rings is 2. The molecule has 1 aromatic heterocycles. The molecule has 8 heteroatoms. The molecule has 0 bridgehead atoms. The summed E-state index contributed by atoms with van der Waals surface area (Å²) < 4.78 is 7.30. The van der Waals surface area contributed by atoms with Gasteiger partial charge in [-0.1, -0.05) is 29.8 Å². The number of rotatable bonds is 7. The molecule has 0 atom stereocenters. The number of hydrogen-bond donors (Lipinski definition) is 2. The van der Waals surface area contributed by atoms with Crippen LogP contribution in [0, 0.1) is 6.92 Å². The summed E-state index contributed by atoms with van der Waals surface area (Å²) in [6, 6.07) is 15.4. The molecule has 3 rings (SSSR count). The number of nitrogens with zero attached hydrogens (tertiary/aromatic N) is 1. The lowest BCUT2D eigenvalue weighted by Gasteiger charge is -2.14. The normalized spacial score (nSPS) is 10.4. The summed E-state index contributed by atoms with van der Waals surface area (Å²) in [5.74, 6) is -0.299. The van der Waals surface area contributed by atoms with E-state index >= 15 is 0 Å².